The Morgan fingerprint density at radius 1 is 1.42 bits per heavy atom. The van der Waals surface area contributed by atoms with Crippen LogP contribution in [-0.2, 0) is 4.79 Å². The van der Waals surface area contributed by atoms with Gasteiger partial charge in [-0.3, -0.25) is 0 Å². The highest BCUT2D eigenvalue weighted by Gasteiger charge is 2.32. The van der Waals surface area contributed by atoms with Crippen LogP contribution in [0.15, 0.2) is 34.9 Å². The summed E-state index contributed by atoms with van der Waals surface area (Å²) in [5, 5.41) is 11.3. The average molecular weight is 321 g/mol. The number of benzene rings is 1. The third kappa shape index (κ3) is 2.18. The van der Waals surface area contributed by atoms with Crippen LogP contribution in [0.4, 0.5) is 5.82 Å². The molecule has 1 aromatic heterocycles. The fourth-order valence-electron chi connectivity index (χ4n) is 2.64. The van der Waals surface area contributed by atoms with Crippen molar-refractivity contribution in [2.24, 2.45) is 0 Å². The summed E-state index contributed by atoms with van der Waals surface area (Å²) in [6.45, 7) is 0.749. The molecular weight excluding hydrogens is 308 g/mol. The summed E-state index contributed by atoms with van der Waals surface area (Å²) in [6, 6.07) is 7.45. The van der Waals surface area contributed by atoms with Gasteiger partial charge in [0.2, 0.25) is 0 Å². The Kier molecular flexibility index (Phi) is 3.14. The van der Waals surface area contributed by atoms with E-state index in [1.807, 2.05) is 29.2 Å². The van der Waals surface area contributed by atoms with Gasteiger partial charge < -0.3 is 10.0 Å². The Hall–Kier alpha value is -1.62. The number of rotatable bonds is 2. The molecule has 0 aliphatic carbocycles. The van der Waals surface area contributed by atoms with Gasteiger partial charge in [-0.15, -0.1) is 0 Å². The third-order valence-electron chi connectivity index (χ3n) is 3.52. The van der Waals surface area contributed by atoms with Gasteiger partial charge >= 0.3 is 5.97 Å². The number of anilines is 1. The zero-order valence-electron chi connectivity index (χ0n) is 10.2. The predicted molar refractivity (Wildman–Crippen MR) is 77.4 cm³/mol. The number of aromatic nitrogens is 1. The van der Waals surface area contributed by atoms with Crippen molar-refractivity contribution in [2.45, 2.75) is 18.9 Å². The standard InChI is InChI=1S/C14H13BrN2O2/c15-10-3-4-11-9(8-10)5-6-16-13(11)17-7-1-2-12(17)14(18)19/h3-6,8,12H,1-2,7H2,(H,18,19). The first-order valence-electron chi connectivity index (χ1n) is 6.20. The van der Waals surface area contributed by atoms with Crippen LogP contribution in [0.2, 0.25) is 0 Å². The largest absolute Gasteiger partial charge is 0.480 e. The van der Waals surface area contributed by atoms with E-state index in [1.54, 1.807) is 6.20 Å². The second-order valence-electron chi connectivity index (χ2n) is 4.69. The van der Waals surface area contributed by atoms with Gasteiger partial charge in [0.25, 0.3) is 0 Å². The van der Waals surface area contributed by atoms with Crippen LogP contribution < -0.4 is 4.90 Å². The summed E-state index contributed by atoms with van der Waals surface area (Å²) in [4.78, 5) is 17.6. The van der Waals surface area contributed by atoms with Crippen molar-refractivity contribution in [2.75, 3.05) is 11.4 Å². The van der Waals surface area contributed by atoms with Crippen molar-refractivity contribution >= 4 is 38.5 Å². The van der Waals surface area contributed by atoms with Crippen molar-refractivity contribution in [3.8, 4) is 0 Å². The molecule has 1 N–H and O–H groups in total. The summed E-state index contributed by atoms with van der Waals surface area (Å²) in [5.41, 5.74) is 0. The first-order chi connectivity index (χ1) is 9.16. The number of hydrogen-bond acceptors (Lipinski definition) is 3. The van der Waals surface area contributed by atoms with Gasteiger partial charge in [-0.1, -0.05) is 15.9 Å². The lowest BCUT2D eigenvalue weighted by atomic mass is 10.1. The highest BCUT2D eigenvalue weighted by Crippen LogP contribution is 2.31. The molecule has 1 atom stereocenters. The molecule has 1 fully saturated rings. The highest BCUT2D eigenvalue weighted by molar-refractivity contribution is 9.10. The molecule has 19 heavy (non-hydrogen) atoms. The lowest BCUT2D eigenvalue weighted by Crippen LogP contribution is -2.36. The van der Waals surface area contributed by atoms with E-state index < -0.39 is 12.0 Å². The van der Waals surface area contributed by atoms with Gasteiger partial charge in [-0.25, -0.2) is 9.78 Å². The van der Waals surface area contributed by atoms with Crippen molar-refractivity contribution in [1.29, 1.82) is 0 Å². The monoisotopic (exact) mass is 320 g/mol. The molecule has 5 heteroatoms. The van der Waals surface area contributed by atoms with Gasteiger partial charge in [0.05, 0.1) is 0 Å². The number of nitrogens with zero attached hydrogens (tertiary/aromatic N) is 2. The van der Waals surface area contributed by atoms with Gasteiger partial charge in [-0.05, 0) is 42.5 Å². The number of hydrogen-bond donors (Lipinski definition) is 1. The summed E-state index contributed by atoms with van der Waals surface area (Å²) >= 11 is 3.45. The third-order valence-corrected chi connectivity index (χ3v) is 4.01. The molecule has 1 saturated heterocycles. The zero-order chi connectivity index (χ0) is 13.4. The van der Waals surface area contributed by atoms with Crippen LogP contribution >= 0.6 is 15.9 Å². The molecule has 98 valence electrons. The van der Waals surface area contributed by atoms with Crippen molar-refractivity contribution in [3.05, 3.63) is 34.9 Å². The van der Waals surface area contributed by atoms with E-state index in [0.29, 0.717) is 6.42 Å². The maximum atomic E-state index is 11.3. The Labute approximate surface area is 119 Å². The van der Waals surface area contributed by atoms with E-state index in [4.69, 9.17) is 0 Å². The fourth-order valence-corrected chi connectivity index (χ4v) is 3.02. The van der Waals surface area contributed by atoms with Crippen LogP contribution in [0.3, 0.4) is 0 Å². The van der Waals surface area contributed by atoms with E-state index in [0.717, 1.165) is 34.0 Å². The summed E-state index contributed by atoms with van der Waals surface area (Å²) in [5.74, 6) is 0.00307. The highest BCUT2D eigenvalue weighted by atomic mass is 79.9. The Balaban J connectivity index is 2.12. The Morgan fingerprint density at radius 2 is 2.26 bits per heavy atom. The normalized spacial score (nSPS) is 19.0. The van der Waals surface area contributed by atoms with E-state index in [1.165, 1.54) is 0 Å². The molecule has 0 bridgehead atoms. The maximum Gasteiger partial charge on any atom is 0.326 e. The Morgan fingerprint density at radius 3 is 3.05 bits per heavy atom. The van der Waals surface area contributed by atoms with Crippen LogP contribution in [0, 0.1) is 0 Å². The quantitative estimate of drug-likeness (QED) is 0.924. The number of pyridine rings is 1. The van der Waals surface area contributed by atoms with E-state index >= 15 is 0 Å². The van der Waals surface area contributed by atoms with E-state index in [2.05, 4.69) is 20.9 Å². The lowest BCUT2D eigenvalue weighted by Gasteiger charge is -2.23. The van der Waals surface area contributed by atoms with Crippen molar-refractivity contribution in [3.63, 3.8) is 0 Å². The zero-order valence-corrected chi connectivity index (χ0v) is 11.8. The van der Waals surface area contributed by atoms with Gasteiger partial charge in [0.1, 0.15) is 11.9 Å². The fraction of sp³-hybridized carbons (Fsp3) is 0.286. The average Bonchev–Trinajstić information content (AvgIpc) is 2.86. The minimum Gasteiger partial charge on any atom is -0.480 e. The molecule has 0 spiro atoms. The minimum atomic E-state index is -0.770. The molecular formula is C14H13BrN2O2. The topological polar surface area (TPSA) is 53.4 Å². The van der Waals surface area contributed by atoms with Crippen molar-refractivity contribution in [1.82, 2.24) is 4.98 Å². The van der Waals surface area contributed by atoms with E-state index in [9.17, 15) is 9.90 Å². The second kappa shape index (κ2) is 4.81. The molecule has 1 aliphatic rings. The summed E-state index contributed by atoms with van der Waals surface area (Å²) in [7, 11) is 0. The number of halogens is 1. The molecule has 3 rings (SSSR count). The van der Waals surface area contributed by atoms with Crippen LogP contribution in [0.25, 0.3) is 10.8 Å². The van der Waals surface area contributed by atoms with Crippen LogP contribution in [0.1, 0.15) is 12.8 Å². The number of fused-ring (bicyclic) bond motifs is 1. The lowest BCUT2D eigenvalue weighted by molar-refractivity contribution is -0.138. The maximum absolute atomic E-state index is 11.3. The van der Waals surface area contributed by atoms with Crippen LogP contribution in [-0.4, -0.2) is 28.6 Å². The molecule has 0 radical (unpaired) electrons. The molecule has 1 unspecified atom stereocenters. The molecule has 0 amide bonds. The number of carboxylic acids is 1. The summed E-state index contributed by atoms with van der Waals surface area (Å²) in [6.07, 6.45) is 3.32. The summed E-state index contributed by atoms with van der Waals surface area (Å²) < 4.78 is 1.01. The van der Waals surface area contributed by atoms with Gasteiger partial charge in [-0.2, -0.15) is 0 Å². The van der Waals surface area contributed by atoms with Crippen molar-refractivity contribution < 1.29 is 9.90 Å². The van der Waals surface area contributed by atoms with Crippen LogP contribution in [0.5, 0.6) is 0 Å². The first kappa shape index (κ1) is 12.4. The minimum absolute atomic E-state index is 0.457. The molecule has 1 aliphatic heterocycles. The first-order valence-corrected chi connectivity index (χ1v) is 7.00. The number of carboxylic acid groups (broad SMARTS) is 1. The Bertz CT molecular complexity index is 644. The second-order valence-corrected chi connectivity index (χ2v) is 5.61. The SMILES string of the molecule is O=C(O)C1CCCN1c1nccc2cc(Br)ccc12. The number of aliphatic carboxylic acids is 1. The van der Waals surface area contributed by atoms with Gasteiger partial charge in [0, 0.05) is 22.6 Å². The number of carbonyl (C=O) groups is 1. The smallest absolute Gasteiger partial charge is 0.326 e. The van der Waals surface area contributed by atoms with E-state index in [-0.39, 0.29) is 0 Å². The molecule has 4 nitrogen and oxygen atoms in total. The van der Waals surface area contributed by atoms with Gasteiger partial charge in [0.15, 0.2) is 0 Å². The molecule has 2 heterocycles. The molecule has 2 aromatic rings. The predicted octanol–water partition coefficient (Wildman–Crippen LogP) is 3.05. The molecule has 1 aromatic carbocycles. The molecule has 0 saturated carbocycles.